The van der Waals surface area contributed by atoms with Crippen molar-refractivity contribution in [3.63, 3.8) is 0 Å². The molecule has 0 rings (SSSR count). The van der Waals surface area contributed by atoms with Crippen molar-refractivity contribution in [3.05, 3.63) is 6.26 Å². The van der Waals surface area contributed by atoms with Crippen LogP contribution in [0.4, 0.5) is 39.5 Å². The Hall–Kier alpha value is -0.280. The monoisotopic (exact) mass is 265 g/mol. The zero-order chi connectivity index (χ0) is 12.7. The van der Waals surface area contributed by atoms with Crippen LogP contribution in [0.25, 0.3) is 0 Å². The first kappa shape index (κ1) is 14.7. The Morgan fingerprint density at radius 3 is 1.20 bits per heavy atom. The molecule has 1 radical (unpaired) electrons. The van der Waals surface area contributed by atoms with Crippen LogP contribution in [0.2, 0.25) is 0 Å². The molecular weight excluding hydrogens is 263 g/mol. The second-order valence-electron chi connectivity index (χ2n) is 2.31. The van der Waals surface area contributed by atoms with E-state index in [9.17, 15) is 39.5 Å². The zero-order valence-electron chi connectivity index (χ0n) is 6.52. The molecule has 0 amide bonds. The van der Waals surface area contributed by atoms with Crippen molar-refractivity contribution in [2.75, 3.05) is 0 Å². The zero-order valence-corrected chi connectivity index (χ0v) is 7.33. The summed E-state index contributed by atoms with van der Waals surface area (Å²) in [7, 11) is 0. The number of rotatable bonds is 3. The van der Waals surface area contributed by atoms with Crippen molar-refractivity contribution >= 4 is 11.8 Å². The lowest BCUT2D eigenvalue weighted by molar-refractivity contribution is -0.381. The highest BCUT2D eigenvalue weighted by molar-refractivity contribution is 8.01. The molecule has 0 N–H and O–H groups in total. The Labute approximate surface area is 81.8 Å². The van der Waals surface area contributed by atoms with Gasteiger partial charge in [0, 0.05) is 6.26 Å². The van der Waals surface area contributed by atoms with Crippen molar-refractivity contribution < 1.29 is 39.5 Å². The molecule has 0 spiro atoms. The van der Waals surface area contributed by atoms with Crippen LogP contribution in [0.15, 0.2) is 0 Å². The normalized spacial score (nSPS) is 15.6. The highest BCUT2D eigenvalue weighted by atomic mass is 32.2. The van der Waals surface area contributed by atoms with Crippen molar-refractivity contribution in [3.8, 4) is 0 Å². The third kappa shape index (κ3) is 2.13. The molecule has 0 aliphatic rings. The van der Waals surface area contributed by atoms with Gasteiger partial charge in [-0.05, 0) is 0 Å². The van der Waals surface area contributed by atoms with Crippen LogP contribution in [-0.2, 0) is 0 Å². The van der Waals surface area contributed by atoms with Gasteiger partial charge in [0.2, 0.25) is 0 Å². The molecule has 0 aromatic rings. The fourth-order valence-electron chi connectivity index (χ4n) is 0.451. The van der Waals surface area contributed by atoms with Gasteiger partial charge in [0.15, 0.2) is 0 Å². The average Bonchev–Trinajstić information content (AvgIpc) is 2.01. The van der Waals surface area contributed by atoms with Crippen LogP contribution in [0.3, 0.4) is 0 Å². The number of halogens is 9. The standard InChI is InChI=1S/C5H2F9S/c1-15-5(13,14)3(8,9)2(6,7)4(10,11)12/h1H2. The van der Waals surface area contributed by atoms with Gasteiger partial charge in [-0.1, -0.05) is 11.8 Å². The van der Waals surface area contributed by atoms with Crippen LogP contribution in [0.1, 0.15) is 0 Å². The summed E-state index contributed by atoms with van der Waals surface area (Å²) in [5.41, 5.74) is 0. The fourth-order valence-corrected chi connectivity index (χ4v) is 0.761. The molecule has 0 fully saturated rings. The van der Waals surface area contributed by atoms with E-state index in [4.69, 9.17) is 0 Å². The molecule has 15 heavy (non-hydrogen) atoms. The lowest BCUT2D eigenvalue weighted by atomic mass is 10.1. The van der Waals surface area contributed by atoms with Gasteiger partial charge in [-0.25, -0.2) is 0 Å². The molecule has 0 aliphatic carbocycles. The Morgan fingerprint density at radius 2 is 1.00 bits per heavy atom. The third-order valence-electron chi connectivity index (χ3n) is 1.30. The minimum atomic E-state index is -6.83. The van der Waals surface area contributed by atoms with Gasteiger partial charge >= 0.3 is 23.3 Å². The molecule has 10 heteroatoms. The molecule has 0 saturated carbocycles. The van der Waals surface area contributed by atoms with E-state index in [1.165, 1.54) is 0 Å². The smallest absolute Gasteiger partial charge is 0.191 e. The van der Waals surface area contributed by atoms with Crippen LogP contribution in [-0.4, -0.2) is 23.3 Å². The van der Waals surface area contributed by atoms with E-state index in [0.717, 1.165) is 0 Å². The summed E-state index contributed by atoms with van der Waals surface area (Å²) in [5.74, 6) is -13.4. The van der Waals surface area contributed by atoms with Gasteiger partial charge < -0.3 is 0 Å². The summed E-state index contributed by atoms with van der Waals surface area (Å²) < 4.78 is 107. The van der Waals surface area contributed by atoms with Crippen LogP contribution in [0, 0.1) is 6.26 Å². The maximum Gasteiger partial charge on any atom is 0.460 e. The number of hydrogen-bond acceptors (Lipinski definition) is 1. The number of alkyl halides is 9. The maximum absolute atomic E-state index is 12.2. The van der Waals surface area contributed by atoms with Crippen molar-refractivity contribution in [1.82, 2.24) is 0 Å². The molecule has 0 saturated heterocycles. The van der Waals surface area contributed by atoms with E-state index in [0.29, 0.717) is 0 Å². The molecule has 0 unspecified atom stereocenters. The summed E-state index contributed by atoms with van der Waals surface area (Å²) in [6, 6.07) is 0. The summed E-state index contributed by atoms with van der Waals surface area (Å²) >= 11 is -1.34. The molecule has 0 bridgehead atoms. The first-order chi connectivity index (χ1) is 6.31. The summed E-state index contributed by atoms with van der Waals surface area (Å²) in [4.78, 5) is 0. The molecule has 0 nitrogen and oxygen atoms in total. The van der Waals surface area contributed by atoms with Gasteiger partial charge in [0.05, 0.1) is 0 Å². The largest absolute Gasteiger partial charge is 0.460 e. The predicted octanol–water partition coefficient (Wildman–Crippen LogP) is 3.94. The summed E-state index contributed by atoms with van der Waals surface area (Å²) in [6.07, 6.45) is -4.66. The average molecular weight is 265 g/mol. The lowest BCUT2D eigenvalue weighted by Gasteiger charge is -2.32. The van der Waals surface area contributed by atoms with E-state index in [1.54, 1.807) is 0 Å². The Bertz CT molecular complexity index is 229. The van der Waals surface area contributed by atoms with Crippen LogP contribution in [0.5, 0.6) is 0 Å². The summed E-state index contributed by atoms with van der Waals surface area (Å²) in [5, 5.41) is -5.62. The quantitative estimate of drug-likeness (QED) is 0.696. The van der Waals surface area contributed by atoms with Crippen molar-refractivity contribution in [2.24, 2.45) is 0 Å². The SMILES string of the molecule is [CH2]SC(F)(F)C(F)(F)C(F)(F)C(F)(F)F. The Morgan fingerprint density at radius 1 is 0.667 bits per heavy atom. The molecule has 0 heterocycles. The topological polar surface area (TPSA) is 0 Å². The van der Waals surface area contributed by atoms with E-state index in [-0.39, 0.29) is 0 Å². The maximum atomic E-state index is 12.2. The predicted molar refractivity (Wildman–Crippen MR) is 33.8 cm³/mol. The van der Waals surface area contributed by atoms with Gasteiger partial charge in [-0.2, -0.15) is 39.5 Å². The second-order valence-corrected chi connectivity index (χ2v) is 3.11. The van der Waals surface area contributed by atoms with Gasteiger partial charge in [-0.3, -0.25) is 0 Å². The first-order valence-electron chi connectivity index (χ1n) is 2.94. The van der Waals surface area contributed by atoms with Crippen LogP contribution < -0.4 is 0 Å². The van der Waals surface area contributed by atoms with E-state index < -0.39 is 35.0 Å². The van der Waals surface area contributed by atoms with Gasteiger partial charge in [0.25, 0.3) is 0 Å². The van der Waals surface area contributed by atoms with Crippen molar-refractivity contribution in [1.29, 1.82) is 0 Å². The number of thioether (sulfide) groups is 1. The second kappa shape index (κ2) is 3.63. The van der Waals surface area contributed by atoms with E-state index >= 15 is 0 Å². The van der Waals surface area contributed by atoms with Crippen LogP contribution >= 0.6 is 11.8 Å². The molecular formula is C5H2F9S. The molecule has 0 aromatic carbocycles. The molecule has 0 aliphatic heterocycles. The lowest BCUT2D eigenvalue weighted by Crippen LogP contribution is -2.59. The molecule has 91 valence electrons. The molecule has 0 atom stereocenters. The summed E-state index contributed by atoms with van der Waals surface area (Å²) in [6.45, 7) is 0. The highest BCUT2D eigenvalue weighted by Crippen LogP contribution is 2.56. The Balaban J connectivity index is 5.38. The van der Waals surface area contributed by atoms with E-state index in [2.05, 4.69) is 6.26 Å². The minimum Gasteiger partial charge on any atom is -0.191 e. The molecule has 0 aromatic heterocycles. The van der Waals surface area contributed by atoms with Crippen molar-refractivity contribution in [2.45, 2.75) is 23.3 Å². The fraction of sp³-hybridized carbons (Fsp3) is 0.800. The third-order valence-corrected chi connectivity index (χ3v) is 1.92. The van der Waals surface area contributed by atoms with Gasteiger partial charge in [-0.15, -0.1) is 0 Å². The first-order valence-corrected chi connectivity index (χ1v) is 3.93. The minimum absolute atomic E-state index is 1.34. The highest BCUT2D eigenvalue weighted by Gasteiger charge is 2.81. The van der Waals surface area contributed by atoms with E-state index in [1.807, 2.05) is 0 Å². The Kier molecular flexibility index (Phi) is 3.56. The van der Waals surface area contributed by atoms with Gasteiger partial charge in [0.1, 0.15) is 0 Å². The number of hydrogen-bond donors (Lipinski definition) is 0.